The van der Waals surface area contributed by atoms with E-state index in [9.17, 15) is 9.59 Å². The van der Waals surface area contributed by atoms with Crippen LogP contribution in [0.4, 0.5) is 0 Å². The monoisotopic (exact) mass is 356 g/mol. The second kappa shape index (κ2) is 6.93. The van der Waals surface area contributed by atoms with Crippen molar-refractivity contribution in [2.75, 3.05) is 6.61 Å². The fourth-order valence-corrected chi connectivity index (χ4v) is 5.93. The van der Waals surface area contributed by atoms with E-state index in [1.165, 1.54) is 38.5 Å². The van der Waals surface area contributed by atoms with Crippen LogP contribution in [0.15, 0.2) is 24.3 Å². The van der Waals surface area contributed by atoms with Crippen LogP contribution < -0.4 is 15.6 Å². The van der Waals surface area contributed by atoms with Gasteiger partial charge in [-0.25, -0.2) is 0 Å². The number of hydrogen-bond acceptors (Lipinski definition) is 3. The molecular weight excluding hydrogens is 328 g/mol. The zero-order valence-corrected chi connectivity index (χ0v) is 15.4. The molecule has 4 bridgehead atoms. The number of carbonyl (C=O) groups excluding carboxylic acids is 2. The standard InChI is InChI=1S/C21H28N2O3/c1-14-4-2-3-5-18(14)26-13-20(25)23-22-19(24)12-21-9-15-6-16(10-21)8-17(7-15)11-21/h2-5,15-17H,6-13H2,1H3,(H,22,24)(H,23,25). The van der Waals surface area contributed by atoms with Crippen LogP contribution in [0.5, 0.6) is 5.75 Å². The molecule has 1 aromatic rings. The number of hydrogen-bond donors (Lipinski definition) is 2. The molecule has 5 nitrogen and oxygen atoms in total. The maximum absolute atomic E-state index is 12.4. The van der Waals surface area contributed by atoms with Crippen molar-refractivity contribution in [3.05, 3.63) is 29.8 Å². The van der Waals surface area contributed by atoms with Gasteiger partial charge in [-0.3, -0.25) is 20.4 Å². The van der Waals surface area contributed by atoms with Gasteiger partial charge in [-0.1, -0.05) is 18.2 Å². The van der Waals surface area contributed by atoms with E-state index < -0.39 is 0 Å². The van der Waals surface area contributed by atoms with Crippen LogP contribution in [0, 0.1) is 30.1 Å². The Morgan fingerprint density at radius 3 is 2.19 bits per heavy atom. The van der Waals surface area contributed by atoms with E-state index >= 15 is 0 Å². The fourth-order valence-electron chi connectivity index (χ4n) is 5.93. The highest BCUT2D eigenvalue weighted by atomic mass is 16.5. The zero-order chi connectivity index (χ0) is 18.1. The number of aryl methyl sites for hydroxylation is 1. The van der Waals surface area contributed by atoms with Crippen molar-refractivity contribution >= 4 is 11.8 Å². The first-order valence-electron chi connectivity index (χ1n) is 9.77. The van der Waals surface area contributed by atoms with Crippen LogP contribution in [0.25, 0.3) is 0 Å². The highest BCUT2D eigenvalue weighted by molar-refractivity contribution is 5.83. The molecule has 0 saturated heterocycles. The van der Waals surface area contributed by atoms with E-state index in [1.807, 2.05) is 31.2 Å². The van der Waals surface area contributed by atoms with E-state index in [2.05, 4.69) is 10.9 Å². The second-order valence-electron chi connectivity index (χ2n) is 8.74. The summed E-state index contributed by atoms with van der Waals surface area (Å²) in [7, 11) is 0. The number of ether oxygens (including phenoxy) is 1. The maximum atomic E-state index is 12.4. The summed E-state index contributed by atoms with van der Waals surface area (Å²) in [6.07, 6.45) is 8.22. The third-order valence-electron chi connectivity index (χ3n) is 6.49. The maximum Gasteiger partial charge on any atom is 0.276 e. The predicted octanol–water partition coefficient (Wildman–Crippen LogP) is 3.13. The van der Waals surface area contributed by atoms with Gasteiger partial charge in [0.15, 0.2) is 6.61 Å². The van der Waals surface area contributed by atoms with Crippen molar-refractivity contribution in [2.24, 2.45) is 23.2 Å². The van der Waals surface area contributed by atoms with Crippen LogP contribution >= 0.6 is 0 Å². The van der Waals surface area contributed by atoms with E-state index in [-0.39, 0.29) is 23.8 Å². The molecule has 0 atom stereocenters. The van der Waals surface area contributed by atoms with Crippen LogP contribution in [-0.2, 0) is 9.59 Å². The summed E-state index contributed by atoms with van der Waals surface area (Å²) in [5.41, 5.74) is 6.24. The highest BCUT2D eigenvalue weighted by Gasteiger charge is 2.51. The normalized spacial score (nSPS) is 31.5. The van der Waals surface area contributed by atoms with Crippen molar-refractivity contribution in [3.63, 3.8) is 0 Å². The molecule has 4 aliphatic carbocycles. The summed E-state index contributed by atoms with van der Waals surface area (Å²) in [6.45, 7) is 1.82. The van der Waals surface area contributed by atoms with Crippen molar-refractivity contribution in [3.8, 4) is 5.75 Å². The molecule has 2 N–H and O–H groups in total. The van der Waals surface area contributed by atoms with E-state index in [4.69, 9.17) is 4.74 Å². The van der Waals surface area contributed by atoms with Gasteiger partial charge in [0.05, 0.1) is 0 Å². The molecule has 0 unspecified atom stereocenters. The van der Waals surface area contributed by atoms with Gasteiger partial charge < -0.3 is 4.74 Å². The first-order valence-corrected chi connectivity index (χ1v) is 9.77. The molecule has 0 spiro atoms. The molecule has 0 aromatic heterocycles. The van der Waals surface area contributed by atoms with Gasteiger partial charge in [0, 0.05) is 6.42 Å². The summed E-state index contributed by atoms with van der Waals surface area (Å²) in [6, 6.07) is 7.55. The second-order valence-corrected chi connectivity index (χ2v) is 8.74. The van der Waals surface area contributed by atoms with Gasteiger partial charge in [0.25, 0.3) is 5.91 Å². The summed E-state index contributed by atoms with van der Waals surface area (Å²) in [5.74, 6) is 2.74. The average Bonchev–Trinajstić information content (AvgIpc) is 2.57. The molecule has 0 heterocycles. The number of para-hydroxylation sites is 1. The Labute approximate surface area is 154 Å². The lowest BCUT2D eigenvalue weighted by Gasteiger charge is -2.56. The quantitative estimate of drug-likeness (QED) is 0.797. The first-order chi connectivity index (χ1) is 12.5. The van der Waals surface area contributed by atoms with E-state index in [1.54, 1.807) is 0 Å². The molecule has 0 radical (unpaired) electrons. The van der Waals surface area contributed by atoms with Crippen LogP contribution in [-0.4, -0.2) is 18.4 Å². The Bertz CT molecular complexity index is 665. The molecule has 4 fully saturated rings. The minimum atomic E-state index is -0.341. The van der Waals surface area contributed by atoms with Crippen LogP contribution in [0.1, 0.15) is 50.5 Å². The van der Waals surface area contributed by atoms with Gasteiger partial charge in [0.1, 0.15) is 5.75 Å². The van der Waals surface area contributed by atoms with Crippen LogP contribution in [0.2, 0.25) is 0 Å². The fraction of sp³-hybridized carbons (Fsp3) is 0.619. The molecule has 140 valence electrons. The number of rotatable bonds is 5. The lowest BCUT2D eigenvalue weighted by atomic mass is 9.49. The molecule has 2 amide bonds. The lowest BCUT2D eigenvalue weighted by molar-refractivity contribution is -0.134. The van der Waals surface area contributed by atoms with Crippen LogP contribution in [0.3, 0.4) is 0 Å². The van der Waals surface area contributed by atoms with E-state index in [0.29, 0.717) is 12.2 Å². The third-order valence-corrected chi connectivity index (χ3v) is 6.49. The first kappa shape index (κ1) is 17.4. The molecular formula is C21H28N2O3. The highest BCUT2D eigenvalue weighted by Crippen LogP contribution is 2.61. The van der Waals surface area contributed by atoms with Crippen molar-refractivity contribution in [1.29, 1.82) is 0 Å². The molecule has 1 aromatic carbocycles. The molecule has 5 rings (SSSR count). The summed E-state index contributed by atoms with van der Waals surface area (Å²) in [5, 5.41) is 0. The zero-order valence-electron chi connectivity index (χ0n) is 15.4. The molecule has 0 aliphatic heterocycles. The molecule has 26 heavy (non-hydrogen) atoms. The largest absolute Gasteiger partial charge is 0.483 e. The summed E-state index contributed by atoms with van der Waals surface area (Å²) < 4.78 is 5.50. The predicted molar refractivity (Wildman–Crippen MR) is 98.2 cm³/mol. The number of amides is 2. The Kier molecular flexibility index (Phi) is 4.63. The Balaban J connectivity index is 1.23. The number of carbonyl (C=O) groups is 2. The van der Waals surface area contributed by atoms with Gasteiger partial charge in [0.2, 0.25) is 5.91 Å². The topological polar surface area (TPSA) is 67.4 Å². The van der Waals surface area contributed by atoms with Gasteiger partial charge in [-0.05, 0) is 80.2 Å². The third kappa shape index (κ3) is 3.71. The smallest absolute Gasteiger partial charge is 0.276 e. The van der Waals surface area contributed by atoms with Crippen molar-refractivity contribution in [2.45, 2.75) is 51.9 Å². The Morgan fingerprint density at radius 2 is 1.58 bits per heavy atom. The molecule has 4 saturated carbocycles. The summed E-state index contributed by atoms with van der Waals surface area (Å²) >= 11 is 0. The number of nitrogens with one attached hydrogen (secondary N) is 2. The SMILES string of the molecule is Cc1ccccc1OCC(=O)NNC(=O)CC12CC3CC(CC(C3)C1)C2. The van der Waals surface area contributed by atoms with Crippen molar-refractivity contribution in [1.82, 2.24) is 10.9 Å². The number of hydrazine groups is 1. The average molecular weight is 356 g/mol. The van der Waals surface area contributed by atoms with E-state index in [0.717, 1.165) is 23.3 Å². The van der Waals surface area contributed by atoms with Crippen molar-refractivity contribution < 1.29 is 14.3 Å². The number of benzene rings is 1. The molecule has 5 heteroatoms. The molecule has 4 aliphatic rings. The lowest BCUT2D eigenvalue weighted by Crippen LogP contribution is -2.50. The van der Waals surface area contributed by atoms with Gasteiger partial charge >= 0.3 is 0 Å². The minimum Gasteiger partial charge on any atom is -0.483 e. The Morgan fingerprint density at radius 1 is 1.00 bits per heavy atom. The van der Waals surface area contributed by atoms with Gasteiger partial charge in [-0.2, -0.15) is 0 Å². The minimum absolute atomic E-state index is 0.0730. The Hall–Kier alpha value is -2.04. The van der Waals surface area contributed by atoms with Gasteiger partial charge in [-0.15, -0.1) is 0 Å². The summed E-state index contributed by atoms with van der Waals surface area (Å²) in [4.78, 5) is 24.3.